The van der Waals surface area contributed by atoms with Gasteiger partial charge in [-0.3, -0.25) is 4.79 Å². The highest BCUT2D eigenvalue weighted by molar-refractivity contribution is 7.89. The Morgan fingerprint density at radius 1 is 1.03 bits per heavy atom. The quantitative estimate of drug-likeness (QED) is 0.409. The number of furan rings is 1. The molecule has 4 N–H and O–H groups in total. The maximum absolute atomic E-state index is 12.8. The molecule has 0 radical (unpaired) electrons. The molecule has 9 nitrogen and oxygen atoms in total. The van der Waals surface area contributed by atoms with Crippen molar-refractivity contribution in [2.24, 2.45) is 5.92 Å². The van der Waals surface area contributed by atoms with Crippen LogP contribution in [0.1, 0.15) is 39.5 Å². The van der Waals surface area contributed by atoms with E-state index in [9.17, 15) is 23.1 Å². The van der Waals surface area contributed by atoms with E-state index in [1.807, 2.05) is 0 Å². The predicted octanol–water partition coefficient (Wildman–Crippen LogP) is 4.04. The number of carboxylic acids is 1. The number of carbonyl (C=O) groups is 2. The van der Waals surface area contributed by atoms with Crippen LogP contribution in [0.5, 0.6) is 0 Å². The Morgan fingerprint density at radius 2 is 1.76 bits per heavy atom. The van der Waals surface area contributed by atoms with Crippen LogP contribution in [0.25, 0.3) is 21.9 Å². The number of carbonyl (C=O) groups excluding carboxylic acids is 1. The molecule has 2 aromatic carbocycles. The monoisotopic (exact) mass is 473 g/mol. The number of anilines is 1. The van der Waals surface area contributed by atoms with Gasteiger partial charge in [0.05, 0.1) is 4.90 Å². The molecule has 0 aliphatic heterocycles. The van der Waals surface area contributed by atoms with Gasteiger partial charge in [-0.25, -0.2) is 13.2 Å². The van der Waals surface area contributed by atoms with Crippen molar-refractivity contribution in [3.8, 4) is 0 Å². The Bertz CT molecular complexity index is 1310. The topological polar surface area (TPSA) is 138 Å². The van der Waals surface area contributed by atoms with Crippen molar-refractivity contribution in [1.29, 1.82) is 0 Å². The summed E-state index contributed by atoms with van der Waals surface area (Å²) in [7, 11) is -4.07. The zero-order chi connectivity index (χ0) is 23.8. The van der Waals surface area contributed by atoms with Crippen molar-refractivity contribution in [2.75, 3.05) is 5.32 Å². The minimum Gasteiger partial charge on any atom is -0.480 e. The molecule has 0 bridgehead atoms. The fourth-order valence-electron chi connectivity index (χ4n) is 4.13. The molecule has 1 heterocycles. The van der Waals surface area contributed by atoms with Crippen LogP contribution in [-0.2, 0) is 14.8 Å². The summed E-state index contributed by atoms with van der Waals surface area (Å²) in [4.78, 5) is 23.6. The van der Waals surface area contributed by atoms with E-state index in [-0.39, 0.29) is 17.0 Å². The maximum Gasteiger partial charge on any atom is 0.322 e. The van der Waals surface area contributed by atoms with Crippen molar-refractivity contribution in [3.63, 3.8) is 0 Å². The van der Waals surface area contributed by atoms with Gasteiger partial charge in [-0.2, -0.15) is 4.72 Å². The molecule has 1 aliphatic rings. The highest BCUT2D eigenvalue weighted by atomic mass is 32.2. The Labute approximate surface area is 191 Å². The van der Waals surface area contributed by atoms with E-state index in [4.69, 9.17) is 4.42 Å². The normalized spacial score (nSPS) is 15.8. The van der Waals surface area contributed by atoms with E-state index in [2.05, 4.69) is 15.4 Å². The highest BCUT2D eigenvalue weighted by Crippen LogP contribution is 2.32. The molecule has 1 aromatic heterocycles. The van der Waals surface area contributed by atoms with Crippen molar-refractivity contribution in [3.05, 3.63) is 36.4 Å². The summed E-state index contributed by atoms with van der Waals surface area (Å²) >= 11 is 0. The summed E-state index contributed by atoms with van der Waals surface area (Å²) in [6.07, 6.45) is 4.23. The fourth-order valence-corrected chi connectivity index (χ4v) is 5.48. The van der Waals surface area contributed by atoms with E-state index < -0.39 is 28.0 Å². The molecule has 1 aliphatic carbocycles. The third kappa shape index (κ3) is 4.96. The first-order chi connectivity index (χ1) is 15.6. The summed E-state index contributed by atoms with van der Waals surface area (Å²) in [5, 5.41) is 16.5. The van der Waals surface area contributed by atoms with Gasteiger partial charge in [0, 0.05) is 28.6 Å². The summed E-state index contributed by atoms with van der Waals surface area (Å²) in [6, 6.07) is 8.31. The number of aliphatic carboxylic acids is 1. The molecule has 176 valence electrons. The predicted molar refractivity (Wildman–Crippen MR) is 125 cm³/mol. The lowest BCUT2D eigenvalue weighted by Gasteiger charge is -2.17. The van der Waals surface area contributed by atoms with Gasteiger partial charge in [0.25, 0.3) is 0 Å². The van der Waals surface area contributed by atoms with E-state index >= 15 is 0 Å². The van der Waals surface area contributed by atoms with Crippen LogP contribution in [0.3, 0.4) is 0 Å². The number of hydrogen-bond donors (Lipinski definition) is 4. The van der Waals surface area contributed by atoms with Gasteiger partial charge in [0.2, 0.25) is 10.0 Å². The SMILES string of the molecule is CC(C)[C@H](NS(=O)(=O)c1ccc2c(c1)oc1ccc(NC(=O)NC3CCCC3)cc12)C(=O)O. The molecular weight excluding hydrogens is 446 g/mol. The van der Waals surface area contributed by atoms with Crippen LogP contribution < -0.4 is 15.4 Å². The number of urea groups is 1. The number of benzene rings is 2. The van der Waals surface area contributed by atoms with E-state index in [1.54, 1.807) is 38.1 Å². The van der Waals surface area contributed by atoms with Crippen LogP contribution in [-0.4, -0.2) is 37.6 Å². The van der Waals surface area contributed by atoms with Crippen LogP contribution in [0.2, 0.25) is 0 Å². The van der Waals surface area contributed by atoms with E-state index in [1.165, 1.54) is 12.1 Å². The summed E-state index contributed by atoms with van der Waals surface area (Å²) in [5.74, 6) is -1.67. The van der Waals surface area contributed by atoms with Gasteiger partial charge in [-0.05, 0) is 49.1 Å². The molecular formula is C23H27N3O6S. The van der Waals surface area contributed by atoms with E-state index in [0.717, 1.165) is 31.1 Å². The molecule has 0 saturated heterocycles. The lowest BCUT2D eigenvalue weighted by molar-refractivity contribution is -0.140. The minimum atomic E-state index is -4.07. The Morgan fingerprint density at radius 3 is 2.42 bits per heavy atom. The average molecular weight is 474 g/mol. The average Bonchev–Trinajstić information content (AvgIpc) is 3.38. The molecule has 3 aromatic rings. The largest absolute Gasteiger partial charge is 0.480 e. The number of carboxylic acid groups (broad SMARTS) is 1. The fraction of sp³-hybridized carbons (Fsp3) is 0.391. The van der Waals surface area contributed by atoms with Crippen molar-refractivity contribution >= 4 is 49.6 Å². The molecule has 1 atom stereocenters. The standard InChI is InChI=1S/C23H27N3O6S/c1-13(2)21(22(27)28)26-33(30,31)16-8-9-17-18-11-15(7-10-19(18)32-20(17)12-16)25-23(29)24-14-5-3-4-6-14/h7-14,21,26H,3-6H2,1-2H3,(H,27,28)(H2,24,25,29)/t21-/m0/s1. The highest BCUT2D eigenvalue weighted by Gasteiger charge is 2.28. The first-order valence-electron chi connectivity index (χ1n) is 10.9. The summed E-state index contributed by atoms with van der Waals surface area (Å²) in [5.41, 5.74) is 1.48. The molecule has 1 saturated carbocycles. The smallest absolute Gasteiger partial charge is 0.322 e. The molecule has 1 fully saturated rings. The summed E-state index contributed by atoms with van der Waals surface area (Å²) < 4.78 is 33.6. The van der Waals surface area contributed by atoms with Gasteiger partial charge >= 0.3 is 12.0 Å². The van der Waals surface area contributed by atoms with Crippen LogP contribution in [0, 0.1) is 5.92 Å². The number of fused-ring (bicyclic) bond motifs is 3. The Hall–Kier alpha value is -3.11. The first kappa shape index (κ1) is 23.1. The van der Waals surface area contributed by atoms with Gasteiger partial charge in [-0.15, -0.1) is 0 Å². The third-order valence-corrected chi connectivity index (χ3v) is 7.35. The van der Waals surface area contributed by atoms with Crippen molar-refractivity contribution in [2.45, 2.75) is 56.5 Å². The Kier molecular flexibility index (Phi) is 6.31. The maximum atomic E-state index is 12.8. The lowest BCUT2D eigenvalue weighted by Crippen LogP contribution is -2.44. The Balaban J connectivity index is 1.59. The van der Waals surface area contributed by atoms with Crippen molar-refractivity contribution in [1.82, 2.24) is 10.0 Å². The second kappa shape index (κ2) is 9.03. The molecule has 10 heteroatoms. The van der Waals surface area contributed by atoms with Crippen molar-refractivity contribution < 1.29 is 27.5 Å². The molecule has 33 heavy (non-hydrogen) atoms. The van der Waals surface area contributed by atoms with Gasteiger partial charge in [-0.1, -0.05) is 26.7 Å². The minimum absolute atomic E-state index is 0.0877. The number of rotatable bonds is 7. The van der Waals surface area contributed by atoms with E-state index in [0.29, 0.717) is 22.2 Å². The molecule has 4 rings (SSSR count). The third-order valence-electron chi connectivity index (χ3n) is 5.92. The molecule has 0 unspecified atom stereocenters. The second-order valence-corrected chi connectivity index (χ2v) is 10.4. The second-order valence-electron chi connectivity index (χ2n) is 8.73. The van der Waals surface area contributed by atoms with Crippen LogP contribution >= 0.6 is 0 Å². The van der Waals surface area contributed by atoms with Gasteiger partial charge in [0.15, 0.2) is 0 Å². The lowest BCUT2D eigenvalue weighted by atomic mass is 10.1. The number of hydrogen-bond acceptors (Lipinski definition) is 5. The zero-order valence-corrected chi connectivity index (χ0v) is 19.2. The first-order valence-corrected chi connectivity index (χ1v) is 12.4. The number of amides is 2. The van der Waals surface area contributed by atoms with Crippen LogP contribution in [0.15, 0.2) is 45.7 Å². The van der Waals surface area contributed by atoms with Gasteiger partial charge < -0.3 is 20.2 Å². The van der Waals surface area contributed by atoms with Gasteiger partial charge in [0.1, 0.15) is 17.2 Å². The number of sulfonamides is 1. The zero-order valence-electron chi connectivity index (χ0n) is 18.4. The van der Waals surface area contributed by atoms with Crippen LogP contribution in [0.4, 0.5) is 10.5 Å². The number of nitrogens with one attached hydrogen (secondary N) is 3. The molecule has 0 spiro atoms. The molecule has 2 amide bonds. The summed E-state index contributed by atoms with van der Waals surface area (Å²) in [6.45, 7) is 3.26.